The van der Waals surface area contributed by atoms with Crippen LogP contribution < -0.4 is 4.74 Å². The Hall–Kier alpha value is -2.77. The second-order valence-electron chi connectivity index (χ2n) is 7.48. The molecule has 0 spiro atoms. The molecule has 0 bridgehead atoms. The van der Waals surface area contributed by atoms with E-state index in [-0.39, 0.29) is 18.0 Å². The van der Waals surface area contributed by atoms with Gasteiger partial charge in [-0.25, -0.2) is 9.59 Å². The average molecular weight is 378 g/mol. The summed E-state index contributed by atoms with van der Waals surface area (Å²) < 4.78 is 10.5. The van der Waals surface area contributed by atoms with Crippen molar-refractivity contribution in [2.24, 2.45) is 0 Å². The van der Waals surface area contributed by atoms with Crippen LogP contribution in [0.15, 0.2) is 24.3 Å². The molecule has 8 nitrogen and oxygen atoms in total. The van der Waals surface area contributed by atoms with E-state index in [4.69, 9.17) is 14.6 Å². The van der Waals surface area contributed by atoms with Crippen molar-refractivity contribution >= 4 is 18.0 Å². The minimum absolute atomic E-state index is 0.177. The molecule has 1 aromatic carbocycles. The number of carbonyl (C=O) groups is 3. The number of benzene rings is 1. The summed E-state index contributed by atoms with van der Waals surface area (Å²) in [5.41, 5.74) is -0.157. The SMILES string of the molecule is C[C@@H]1CN(C(=O)c2cccc(OCC(=O)O)c2)CCN1C(=O)OC(C)(C)C. The fourth-order valence-electron chi connectivity index (χ4n) is 2.78. The van der Waals surface area contributed by atoms with Crippen LogP contribution in [0, 0.1) is 0 Å². The van der Waals surface area contributed by atoms with Crippen molar-refractivity contribution in [2.45, 2.75) is 39.3 Å². The van der Waals surface area contributed by atoms with Gasteiger partial charge in [0.25, 0.3) is 5.91 Å². The van der Waals surface area contributed by atoms with Crippen LogP contribution in [0.25, 0.3) is 0 Å². The largest absolute Gasteiger partial charge is 0.482 e. The van der Waals surface area contributed by atoms with E-state index < -0.39 is 18.2 Å². The van der Waals surface area contributed by atoms with E-state index in [2.05, 4.69) is 0 Å². The Morgan fingerprint density at radius 2 is 1.93 bits per heavy atom. The number of ether oxygens (including phenoxy) is 2. The first kappa shape index (κ1) is 20.5. The first-order chi connectivity index (χ1) is 12.6. The number of rotatable bonds is 4. The van der Waals surface area contributed by atoms with Crippen LogP contribution in [0.4, 0.5) is 4.79 Å². The molecule has 2 amide bonds. The van der Waals surface area contributed by atoms with E-state index in [0.717, 1.165) is 0 Å². The Balaban J connectivity index is 2.00. The number of carboxylic acids is 1. The molecule has 1 fully saturated rings. The van der Waals surface area contributed by atoms with Gasteiger partial charge in [0.15, 0.2) is 6.61 Å². The number of carbonyl (C=O) groups excluding carboxylic acids is 2. The summed E-state index contributed by atoms with van der Waals surface area (Å²) in [6.45, 7) is 8.01. The maximum absolute atomic E-state index is 12.8. The number of aliphatic carboxylic acids is 1. The molecule has 1 saturated heterocycles. The van der Waals surface area contributed by atoms with Gasteiger partial charge in [0.1, 0.15) is 11.4 Å². The molecular weight excluding hydrogens is 352 g/mol. The lowest BCUT2D eigenvalue weighted by Crippen LogP contribution is -2.56. The summed E-state index contributed by atoms with van der Waals surface area (Å²) >= 11 is 0. The van der Waals surface area contributed by atoms with Gasteiger partial charge in [-0.15, -0.1) is 0 Å². The Labute approximate surface area is 158 Å². The fourth-order valence-corrected chi connectivity index (χ4v) is 2.78. The zero-order chi connectivity index (χ0) is 20.2. The van der Waals surface area contributed by atoms with Gasteiger partial charge in [0.2, 0.25) is 0 Å². The highest BCUT2D eigenvalue weighted by Crippen LogP contribution is 2.19. The quantitative estimate of drug-likeness (QED) is 0.863. The van der Waals surface area contributed by atoms with E-state index in [0.29, 0.717) is 30.9 Å². The lowest BCUT2D eigenvalue weighted by molar-refractivity contribution is -0.139. The molecule has 0 radical (unpaired) electrons. The number of piperazine rings is 1. The van der Waals surface area contributed by atoms with Gasteiger partial charge in [0, 0.05) is 31.2 Å². The predicted octanol–water partition coefficient (Wildman–Crippen LogP) is 2.23. The van der Waals surface area contributed by atoms with Crippen LogP contribution in [-0.2, 0) is 9.53 Å². The molecule has 1 heterocycles. The van der Waals surface area contributed by atoms with Crippen molar-refractivity contribution in [3.63, 3.8) is 0 Å². The van der Waals surface area contributed by atoms with Crippen molar-refractivity contribution in [3.8, 4) is 5.75 Å². The highest BCUT2D eigenvalue weighted by atomic mass is 16.6. The van der Waals surface area contributed by atoms with Crippen LogP contribution in [-0.4, -0.2) is 70.8 Å². The summed E-state index contributed by atoms with van der Waals surface area (Å²) in [4.78, 5) is 38.9. The summed E-state index contributed by atoms with van der Waals surface area (Å²) in [6, 6.07) is 6.24. The zero-order valence-corrected chi connectivity index (χ0v) is 16.1. The molecule has 27 heavy (non-hydrogen) atoms. The monoisotopic (exact) mass is 378 g/mol. The first-order valence-electron chi connectivity index (χ1n) is 8.80. The normalized spacial score (nSPS) is 17.4. The van der Waals surface area contributed by atoms with Gasteiger partial charge >= 0.3 is 12.1 Å². The van der Waals surface area contributed by atoms with Crippen LogP contribution in [0.2, 0.25) is 0 Å². The van der Waals surface area contributed by atoms with Gasteiger partial charge < -0.3 is 24.4 Å². The number of nitrogens with zero attached hydrogens (tertiary/aromatic N) is 2. The first-order valence-corrected chi connectivity index (χ1v) is 8.80. The molecule has 2 rings (SSSR count). The maximum Gasteiger partial charge on any atom is 0.410 e. The fraction of sp³-hybridized carbons (Fsp3) is 0.526. The summed E-state index contributed by atoms with van der Waals surface area (Å²) in [5.74, 6) is -0.950. The molecule has 0 saturated carbocycles. The number of hydrogen-bond acceptors (Lipinski definition) is 5. The van der Waals surface area contributed by atoms with Crippen molar-refractivity contribution < 1.29 is 29.0 Å². The molecule has 0 aliphatic carbocycles. The minimum atomic E-state index is -1.08. The lowest BCUT2D eigenvalue weighted by Gasteiger charge is -2.40. The molecule has 1 aliphatic rings. The van der Waals surface area contributed by atoms with Gasteiger partial charge in [-0.2, -0.15) is 0 Å². The lowest BCUT2D eigenvalue weighted by atomic mass is 10.1. The second-order valence-corrected chi connectivity index (χ2v) is 7.48. The number of hydrogen-bond donors (Lipinski definition) is 1. The Morgan fingerprint density at radius 3 is 2.52 bits per heavy atom. The Morgan fingerprint density at radius 1 is 1.22 bits per heavy atom. The topological polar surface area (TPSA) is 96.4 Å². The summed E-state index contributed by atoms with van der Waals surface area (Å²) in [7, 11) is 0. The summed E-state index contributed by atoms with van der Waals surface area (Å²) in [5, 5.41) is 8.68. The molecule has 148 valence electrons. The molecule has 0 aromatic heterocycles. The van der Waals surface area contributed by atoms with E-state index in [1.807, 2.05) is 27.7 Å². The van der Waals surface area contributed by atoms with Crippen LogP contribution in [0.5, 0.6) is 5.75 Å². The molecular formula is C19H26N2O6. The average Bonchev–Trinajstić information content (AvgIpc) is 2.57. The van der Waals surface area contributed by atoms with Gasteiger partial charge in [0.05, 0.1) is 0 Å². The predicted molar refractivity (Wildman–Crippen MR) is 97.9 cm³/mol. The van der Waals surface area contributed by atoms with Gasteiger partial charge in [-0.1, -0.05) is 6.07 Å². The van der Waals surface area contributed by atoms with Crippen molar-refractivity contribution in [3.05, 3.63) is 29.8 Å². The van der Waals surface area contributed by atoms with E-state index in [9.17, 15) is 14.4 Å². The molecule has 8 heteroatoms. The second kappa shape index (κ2) is 8.28. The standard InChI is InChI=1S/C19H26N2O6/c1-13-11-20(8-9-21(13)18(25)27-19(2,3)4)17(24)14-6-5-7-15(10-14)26-12-16(22)23/h5-7,10,13H,8-9,11-12H2,1-4H3,(H,22,23)/t13-/m1/s1. The number of carboxylic acid groups (broad SMARTS) is 1. The minimum Gasteiger partial charge on any atom is -0.482 e. The molecule has 1 N–H and O–H groups in total. The van der Waals surface area contributed by atoms with Crippen LogP contribution in [0.3, 0.4) is 0 Å². The van der Waals surface area contributed by atoms with Crippen molar-refractivity contribution in [1.29, 1.82) is 0 Å². The third-order valence-corrected chi connectivity index (χ3v) is 3.99. The number of amides is 2. The highest BCUT2D eigenvalue weighted by Gasteiger charge is 2.32. The third-order valence-electron chi connectivity index (χ3n) is 3.99. The van der Waals surface area contributed by atoms with Crippen LogP contribution in [0.1, 0.15) is 38.1 Å². The smallest absolute Gasteiger partial charge is 0.410 e. The highest BCUT2D eigenvalue weighted by molar-refractivity contribution is 5.94. The zero-order valence-electron chi connectivity index (χ0n) is 16.1. The maximum atomic E-state index is 12.8. The Bertz CT molecular complexity index is 712. The van der Waals surface area contributed by atoms with Gasteiger partial charge in [-0.05, 0) is 45.9 Å². The molecule has 0 unspecified atom stereocenters. The van der Waals surface area contributed by atoms with Crippen LogP contribution >= 0.6 is 0 Å². The Kier molecular flexibility index (Phi) is 6.30. The third kappa shape index (κ3) is 5.87. The van der Waals surface area contributed by atoms with E-state index in [1.165, 1.54) is 6.07 Å². The van der Waals surface area contributed by atoms with Crippen molar-refractivity contribution in [2.75, 3.05) is 26.2 Å². The molecule has 1 aliphatic heterocycles. The molecule has 1 atom stereocenters. The van der Waals surface area contributed by atoms with E-state index in [1.54, 1.807) is 28.0 Å². The summed E-state index contributed by atoms with van der Waals surface area (Å²) in [6.07, 6.45) is -0.383. The molecule has 1 aromatic rings. The van der Waals surface area contributed by atoms with Crippen molar-refractivity contribution in [1.82, 2.24) is 9.80 Å². The van der Waals surface area contributed by atoms with Gasteiger partial charge in [-0.3, -0.25) is 4.79 Å². The van der Waals surface area contributed by atoms with E-state index >= 15 is 0 Å².